The third-order valence-electron chi connectivity index (χ3n) is 3.52. The minimum atomic E-state index is -4.64. The second-order valence-corrected chi connectivity index (χ2v) is 5.77. The SMILES string of the molecule is C[C@H](NCC(=O)Nc1c(Cl)cccc1C(F)(F)F)c1ccc(F)cc1. The Kier molecular flexibility index (Phi) is 6.02. The molecule has 0 aromatic heterocycles. The van der Waals surface area contributed by atoms with E-state index in [4.69, 9.17) is 11.6 Å². The number of carbonyl (C=O) groups excluding carboxylic acids is 1. The van der Waals surface area contributed by atoms with Gasteiger partial charge in [0.15, 0.2) is 0 Å². The average Bonchev–Trinajstić information content (AvgIpc) is 2.54. The fraction of sp³-hybridized carbons (Fsp3) is 0.235. The minimum absolute atomic E-state index is 0.199. The molecule has 2 aromatic rings. The number of amides is 1. The van der Waals surface area contributed by atoms with Crippen LogP contribution in [0.3, 0.4) is 0 Å². The Hall–Kier alpha value is -2.12. The molecule has 0 saturated heterocycles. The Labute approximate surface area is 147 Å². The molecule has 0 radical (unpaired) electrons. The van der Waals surface area contributed by atoms with E-state index in [-0.39, 0.29) is 23.4 Å². The van der Waals surface area contributed by atoms with Gasteiger partial charge in [-0.2, -0.15) is 13.2 Å². The lowest BCUT2D eigenvalue weighted by molar-refractivity contribution is -0.137. The maximum atomic E-state index is 13.0. The van der Waals surface area contributed by atoms with Crippen LogP contribution >= 0.6 is 11.6 Å². The predicted octanol–water partition coefficient (Wildman–Crippen LogP) is 4.79. The quantitative estimate of drug-likeness (QED) is 0.739. The largest absolute Gasteiger partial charge is 0.418 e. The first-order valence-corrected chi connectivity index (χ1v) is 7.70. The van der Waals surface area contributed by atoms with E-state index in [2.05, 4.69) is 10.6 Å². The number of benzene rings is 2. The zero-order valence-corrected chi connectivity index (χ0v) is 13.9. The lowest BCUT2D eigenvalue weighted by Gasteiger charge is -2.17. The van der Waals surface area contributed by atoms with Gasteiger partial charge in [-0.15, -0.1) is 0 Å². The number of nitrogens with one attached hydrogen (secondary N) is 2. The van der Waals surface area contributed by atoms with Gasteiger partial charge in [0, 0.05) is 6.04 Å². The van der Waals surface area contributed by atoms with Crippen molar-refractivity contribution in [3.63, 3.8) is 0 Å². The van der Waals surface area contributed by atoms with Crippen molar-refractivity contribution in [2.45, 2.75) is 19.1 Å². The number of para-hydroxylation sites is 1. The molecule has 0 aliphatic rings. The van der Waals surface area contributed by atoms with Gasteiger partial charge >= 0.3 is 6.18 Å². The maximum absolute atomic E-state index is 13.0. The summed E-state index contributed by atoms with van der Waals surface area (Å²) in [6.07, 6.45) is -4.64. The number of alkyl halides is 3. The third kappa shape index (κ3) is 5.17. The molecule has 0 fully saturated rings. The number of hydrogen-bond donors (Lipinski definition) is 2. The summed E-state index contributed by atoms with van der Waals surface area (Å²) in [5, 5.41) is 4.85. The summed E-state index contributed by atoms with van der Waals surface area (Å²) >= 11 is 5.78. The highest BCUT2D eigenvalue weighted by atomic mass is 35.5. The van der Waals surface area contributed by atoms with Crippen molar-refractivity contribution in [2.75, 3.05) is 11.9 Å². The van der Waals surface area contributed by atoms with Gasteiger partial charge in [-0.3, -0.25) is 4.79 Å². The van der Waals surface area contributed by atoms with Crippen molar-refractivity contribution >= 4 is 23.2 Å². The van der Waals surface area contributed by atoms with Gasteiger partial charge in [0.25, 0.3) is 0 Å². The van der Waals surface area contributed by atoms with E-state index < -0.39 is 23.3 Å². The summed E-state index contributed by atoms with van der Waals surface area (Å²) in [4.78, 5) is 12.0. The monoisotopic (exact) mass is 374 g/mol. The van der Waals surface area contributed by atoms with Crippen molar-refractivity contribution in [2.24, 2.45) is 0 Å². The first-order chi connectivity index (χ1) is 11.7. The summed E-state index contributed by atoms with van der Waals surface area (Å²) in [5.74, 6) is -1.06. The van der Waals surface area contributed by atoms with E-state index in [9.17, 15) is 22.4 Å². The van der Waals surface area contributed by atoms with Crippen LogP contribution < -0.4 is 10.6 Å². The molecule has 0 aliphatic heterocycles. The Morgan fingerprint density at radius 3 is 2.40 bits per heavy atom. The lowest BCUT2D eigenvalue weighted by Crippen LogP contribution is -2.30. The zero-order chi connectivity index (χ0) is 18.6. The van der Waals surface area contributed by atoms with Gasteiger partial charge in [0.1, 0.15) is 5.82 Å². The number of rotatable bonds is 5. The fourth-order valence-corrected chi connectivity index (χ4v) is 2.41. The Morgan fingerprint density at radius 2 is 1.80 bits per heavy atom. The van der Waals surface area contributed by atoms with E-state index in [1.54, 1.807) is 19.1 Å². The molecule has 8 heteroatoms. The summed E-state index contributed by atoms with van der Waals surface area (Å²) in [5.41, 5.74) is -0.749. The van der Waals surface area contributed by atoms with Crippen molar-refractivity contribution in [1.29, 1.82) is 0 Å². The summed E-state index contributed by atoms with van der Waals surface area (Å²) < 4.78 is 51.9. The fourth-order valence-electron chi connectivity index (χ4n) is 2.19. The standard InChI is InChI=1S/C17H15ClF4N2O/c1-10(11-5-7-12(19)8-6-11)23-9-15(25)24-16-13(17(20,21)22)3-2-4-14(16)18/h2-8,10,23H,9H2,1H3,(H,24,25)/t10-/m0/s1. The number of halogens is 5. The molecule has 0 unspecified atom stereocenters. The molecule has 25 heavy (non-hydrogen) atoms. The van der Waals surface area contributed by atoms with E-state index in [1.807, 2.05) is 0 Å². The van der Waals surface area contributed by atoms with Crippen LogP contribution in [0.2, 0.25) is 5.02 Å². The molecule has 2 aromatic carbocycles. The molecule has 134 valence electrons. The topological polar surface area (TPSA) is 41.1 Å². The van der Waals surface area contributed by atoms with Crippen LogP contribution in [0, 0.1) is 5.82 Å². The molecule has 0 saturated carbocycles. The van der Waals surface area contributed by atoms with Gasteiger partial charge in [0.2, 0.25) is 5.91 Å². The molecule has 2 N–H and O–H groups in total. The third-order valence-corrected chi connectivity index (χ3v) is 3.84. The number of carbonyl (C=O) groups is 1. The minimum Gasteiger partial charge on any atom is -0.323 e. The van der Waals surface area contributed by atoms with Gasteiger partial charge < -0.3 is 10.6 Å². The van der Waals surface area contributed by atoms with Crippen LogP contribution in [-0.2, 0) is 11.0 Å². The van der Waals surface area contributed by atoms with Crippen LogP contribution in [0.15, 0.2) is 42.5 Å². The Morgan fingerprint density at radius 1 is 1.16 bits per heavy atom. The van der Waals surface area contributed by atoms with Crippen LogP contribution in [0.1, 0.15) is 24.1 Å². The second-order valence-electron chi connectivity index (χ2n) is 5.36. The molecule has 0 bridgehead atoms. The van der Waals surface area contributed by atoms with Gasteiger partial charge in [-0.1, -0.05) is 29.8 Å². The van der Waals surface area contributed by atoms with E-state index in [0.29, 0.717) is 0 Å². The van der Waals surface area contributed by atoms with Crippen LogP contribution in [0.5, 0.6) is 0 Å². The highest BCUT2D eigenvalue weighted by molar-refractivity contribution is 6.34. The average molecular weight is 375 g/mol. The highest BCUT2D eigenvalue weighted by Crippen LogP contribution is 2.38. The molecule has 3 nitrogen and oxygen atoms in total. The zero-order valence-electron chi connectivity index (χ0n) is 13.1. The molecule has 0 spiro atoms. The Bertz CT molecular complexity index is 747. The molecular weight excluding hydrogens is 360 g/mol. The van der Waals surface area contributed by atoms with Crippen molar-refractivity contribution in [1.82, 2.24) is 5.32 Å². The molecule has 0 aliphatic carbocycles. The van der Waals surface area contributed by atoms with Crippen molar-refractivity contribution in [3.05, 3.63) is 64.4 Å². The van der Waals surface area contributed by atoms with Crippen LogP contribution in [0.4, 0.5) is 23.2 Å². The first kappa shape index (κ1) is 19.2. The maximum Gasteiger partial charge on any atom is 0.418 e. The summed E-state index contributed by atoms with van der Waals surface area (Å²) in [7, 11) is 0. The molecule has 1 amide bonds. The highest BCUT2D eigenvalue weighted by Gasteiger charge is 2.34. The first-order valence-electron chi connectivity index (χ1n) is 7.33. The normalized spacial score (nSPS) is 12.7. The van der Waals surface area contributed by atoms with Gasteiger partial charge in [-0.25, -0.2) is 4.39 Å². The summed E-state index contributed by atoms with van der Waals surface area (Å²) in [6.45, 7) is 1.51. The lowest BCUT2D eigenvalue weighted by atomic mass is 10.1. The van der Waals surface area contributed by atoms with Gasteiger partial charge in [0.05, 0.1) is 22.8 Å². The second kappa shape index (κ2) is 7.84. The van der Waals surface area contributed by atoms with E-state index in [1.165, 1.54) is 18.2 Å². The number of hydrogen-bond acceptors (Lipinski definition) is 2. The van der Waals surface area contributed by atoms with E-state index >= 15 is 0 Å². The van der Waals surface area contributed by atoms with E-state index in [0.717, 1.165) is 17.7 Å². The van der Waals surface area contributed by atoms with Crippen molar-refractivity contribution < 1.29 is 22.4 Å². The molecule has 2 rings (SSSR count). The smallest absolute Gasteiger partial charge is 0.323 e. The van der Waals surface area contributed by atoms with Gasteiger partial charge in [-0.05, 0) is 36.8 Å². The molecule has 0 heterocycles. The molecule has 1 atom stereocenters. The number of anilines is 1. The summed E-state index contributed by atoms with van der Waals surface area (Å²) in [6, 6.07) is 8.66. The molecular formula is C17H15ClF4N2O. The van der Waals surface area contributed by atoms with Crippen LogP contribution in [0.25, 0.3) is 0 Å². The van der Waals surface area contributed by atoms with Crippen molar-refractivity contribution in [3.8, 4) is 0 Å². The van der Waals surface area contributed by atoms with Crippen LogP contribution in [-0.4, -0.2) is 12.5 Å². The Balaban J connectivity index is 2.02. The predicted molar refractivity (Wildman–Crippen MR) is 87.9 cm³/mol.